The Bertz CT molecular complexity index is 885. The Morgan fingerprint density at radius 3 is 2.75 bits per heavy atom. The molecule has 1 amide bonds. The molecule has 2 aromatic rings. The van der Waals surface area contributed by atoms with E-state index in [-0.39, 0.29) is 5.91 Å². The van der Waals surface area contributed by atoms with Crippen molar-refractivity contribution in [2.24, 2.45) is 0 Å². The number of hydrogen-bond donors (Lipinski definition) is 3. The maximum absolute atomic E-state index is 12.7. The largest absolute Gasteiger partial charge is 0.495 e. The van der Waals surface area contributed by atoms with E-state index >= 15 is 0 Å². The third kappa shape index (κ3) is 3.46. The molecule has 148 valence electrons. The predicted octanol–water partition coefficient (Wildman–Crippen LogP) is 1.50. The summed E-state index contributed by atoms with van der Waals surface area (Å²) >= 11 is 0. The fourth-order valence-corrected chi connectivity index (χ4v) is 3.14. The van der Waals surface area contributed by atoms with Crippen molar-refractivity contribution in [3.05, 3.63) is 23.8 Å². The van der Waals surface area contributed by atoms with E-state index in [9.17, 15) is 4.79 Å². The van der Waals surface area contributed by atoms with Gasteiger partial charge in [0.25, 0.3) is 5.91 Å². The van der Waals surface area contributed by atoms with Crippen molar-refractivity contribution in [3.63, 3.8) is 0 Å². The quantitative estimate of drug-likeness (QED) is 0.704. The minimum atomic E-state index is -0.0427. The van der Waals surface area contributed by atoms with Gasteiger partial charge in [-0.1, -0.05) is 0 Å². The number of nitrogens with one attached hydrogen (secondary N) is 3. The summed E-state index contributed by atoms with van der Waals surface area (Å²) in [6, 6.07) is 5.25. The minimum absolute atomic E-state index is 0.0427. The molecule has 1 aromatic heterocycles. The number of hydrogen-bond acceptors (Lipinski definition) is 9. The fourth-order valence-electron chi connectivity index (χ4n) is 3.14. The zero-order valence-corrected chi connectivity index (χ0v) is 15.7. The van der Waals surface area contributed by atoms with Gasteiger partial charge in [0, 0.05) is 18.7 Å². The fraction of sp³-hybridized carbons (Fsp3) is 0.389. The van der Waals surface area contributed by atoms with Gasteiger partial charge >= 0.3 is 0 Å². The first-order chi connectivity index (χ1) is 13.7. The molecule has 2 aliphatic heterocycles. The lowest BCUT2D eigenvalue weighted by Crippen LogP contribution is -2.40. The maximum Gasteiger partial charge on any atom is 0.254 e. The molecule has 1 aromatic carbocycles. The SMILES string of the molecule is COc1cc(C(=O)N2CCOCC2)ccc1Nc1nc2c(c(OC)n1)NCN2. The van der Waals surface area contributed by atoms with Gasteiger partial charge in [-0.3, -0.25) is 4.79 Å². The minimum Gasteiger partial charge on any atom is -0.495 e. The molecule has 0 atom stereocenters. The van der Waals surface area contributed by atoms with Crippen molar-refractivity contribution in [3.8, 4) is 11.6 Å². The second kappa shape index (κ2) is 7.77. The van der Waals surface area contributed by atoms with Crippen LogP contribution < -0.4 is 25.4 Å². The summed E-state index contributed by atoms with van der Waals surface area (Å²) in [7, 11) is 3.11. The molecule has 0 aliphatic carbocycles. The highest BCUT2D eigenvalue weighted by molar-refractivity contribution is 5.95. The molecule has 10 heteroatoms. The summed E-state index contributed by atoms with van der Waals surface area (Å²) in [6.45, 7) is 2.85. The zero-order valence-electron chi connectivity index (χ0n) is 15.7. The molecule has 2 aliphatic rings. The Balaban J connectivity index is 1.58. The highest BCUT2D eigenvalue weighted by atomic mass is 16.5. The number of rotatable bonds is 5. The number of aromatic nitrogens is 2. The van der Waals surface area contributed by atoms with Crippen LogP contribution in [-0.2, 0) is 4.74 Å². The number of fused-ring (bicyclic) bond motifs is 1. The summed E-state index contributed by atoms with van der Waals surface area (Å²) in [6.07, 6.45) is 0. The standard InChI is InChI=1S/C18H22N6O4/c1-26-13-9-11(17(25)24-5-7-28-8-6-24)3-4-12(13)21-18-22-15-14(19-10-20-15)16(23-18)27-2/h3-4,9,19H,5-8,10H2,1-2H3,(H2,20,21,22,23). The van der Waals surface area contributed by atoms with Crippen LogP contribution in [0, 0.1) is 0 Å². The number of amides is 1. The van der Waals surface area contributed by atoms with Crippen LogP contribution in [-0.4, -0.2) is 68.0 Å². The number of carbonyl (C=O) groups excluding carboxylic acids is 1. The first-order valence-electron chi connectivity index (χ1n) is 8.95. The molecule has 3 heterocycles. The van der Waals surface area contributed by atoms with Crippen molar-refractivity contribution in [2.75, 3.05) is 63.1 Å². The van der Waals surface area contributed by atoms with E-state index in [0.717, 1.165) is 5.69 Å². The molecule has 1 fully saturated rings. The Morgan fingerprint density at radius 2 is 2.00 bits per heavy atom. The number of carbonyl (C=O) groups is 1. The third-order valence-corrected chi connectivity index (χ3v) is 4.58. The Hall–Kier alpha value is -3.27. The van der Waals surface area contributed by atoms with E-state index in [4.69, 9.17) is 14.2 Å². The van der Waals surface area contributed by atoms with Crippen molar-refractivity contribution < 1.29 is 19.0 Å². The van der Waals surface area contributed by atoms with E-state index in [0.29, 0.717) is 67.6 Å². The zero-order chi connectivity index (χ0) is 19.5. The van der Waals surface area contributed by atoms with Crippen molar-refractivity contribution in [1.82, 2.24) is 14.9 Å². The lowest BCUT2D eigenvalue weighted by atomic mass is 10.1. The lowest BCUT2D eigenvalue weighted by molar-refractivity contribution is 0.0302. The Kier molecular flexibility index (Phi) is 5.02. The van der Waals surface area contributed by atoms with Gasteiger partial charge in [-0.25, -0.2) is 0 Å². The Morgan fingerprint density at radius 1 is 1.18 bits per heavy atom. The van der Waals surface area contributed by atoms with E-state index in [2.05, 4.69) is 25.9 Å². The molecule has 0 spiro atoms. The molecular weight excluding hydrogens is 364 g/mol. The van der Waals surface area contributed by atoms with Crippen LogP contribution in [0.5, 0.6) is 11.6 Å². The molecule has 1 saturated heterocycles. The number of methoxy groups -OCH3 is 2. The van der Waals surface area contributed by atoms with Crippen LogP contribution in [0.3, 0.4) is 0 Å². The van der Waals surface area contributed by atoms with Crippen LogP contribution in [0.1, 0.15) is 10.4 Å². The second-order valence-corrected chi connectivity index (χ2v) is 6.26. The van der Waals surface area contributed by atoms with Crippen molar-refractivity contribution in [1.29, 1.82) is 0 Å². The van der Waals surface area contributed by atoms with Crippen LogP contribution in [0.2, 0.25) is 0 Å². The molecule has 0 radical (unpaired) electrons. The molecule has 4 rings (SSSR count). The van der Waals surface area contributed by atoms with E-state index < -0.39 is 0 Å². The topological polar surface area (TPSA) is 110 Å². The van der Waals surface area contributed by atoms with Gasteiger partial charge in [0.1, 0.15) is 11.4 Å². The van der Waals surface area contributed by atoms with Gasteiger partial charge in [-0.05, 0) is 18.2 Å². The average molecular weight is 386 g/mol. The van der Waals surface area contributed by atoms with Crippen LogP contribution >= 0.6 is 0 Å². The predicted molar refractivity (Wildman–Crippen MR) is 104 cm³/mol. The van der Waals surface area contributed by atoms with Gasteiger partial charge in [-0.2, -0.15) is 9.97 Å². The molecule has 3 N–H and O–H groups in total. The second-order valence-electron chi connectivity index (χ2n) is 6.26. The van der Waals surface area contributed by atoms with Crippen LogP contribution in [0.4, 0.5) is 23.1 Å². The summed E-state index contributed by atoms with van der Waals surface area (Å²) in [5, 5.41) is 9.37. The lowest BCUT2D eigenvalue weighted by Gasteiger charge is -2.27. The van der Waals surface area contributed by atoms with E-state index in [1.807, 2.05) is 0 Å². The number of nitrogens with zero attached hydrogens (tertiary/aromatic N) is 3. The third-order valence-electron chi connectivity index (χ3n) is 4.58. The van der Waals surface area contributed by atoms with Crippen molar-refractivity contribution >= 4 is 29.0 Å². The summed E-state index contributed by atoms with van der Waals surface area (Å²) in [5.41, 5.74) is 1.93. The summed E-state index contributed by atoms with van der Waals surface area (Å²) in [5.74, 6) is 1.94. The Labute approximate surface area is 162 Å². The van der Waals surface area contributed by atoms with Crippen molar-refractivity contribution in [2.45, 2.75) is 0 Å². The van der Waals surface area contributed by atoms with Gasteiger partial charge < -0.3 is 35.1 Å². The average Bonchev–Trinajstić information content (AvgIpc) is 3.22. The first kappa shape index (κ1) is 18.1. The number of ether oxygens (including phenoxy) is 3. The van der Waals surface area contributed by atoms with Crippen LogP contribution in [0.15, 0.2) is 18.2 Å². The number of benzene rings is 1. The normalized spacial score (nSPS) is 15.3. The monoisotopic (exact) mass is 386 g/mol. The van der Waals surface area contributed by atoms with Gasteiger partial charge in [0.2, 0.25) is 11.8 Å². The molecule has 0 saturated carbocycles. The molecule has 0 unspecified atom stereocenters. The molecular formula is C18H22N6O4. The molecule has 28 heavy (non-hydrogen) atoms. The molecule has 10 nitrogen and oxygen atoms in total. The first-order valence-corrected chi connectivity index (χ1v) is 8.95. The number of anilines is 4. The highest BCUT2D eigenvalue weighted by Crippen LogP contribution is 2.35. The summed E-state index contributed by atoms with van der Waals surface area (Å²) in [4.78, 5) is 23.3. The van der Waals surface area contributed by atoms with Gasteiger partial charge in [0.05, 0.1) is 39.8 Å². The van der Waals surface area contributed by atoms with Gasteiger partial charge in [0.15, 0.2) is 5.82 Å². The number of morpholine rings is 1. The van der Waals surface area contributed by atoms with Gasteiger partial charge in [-0.15, -0.1) is 0 Å². The van der Waals surface area contributed by atoms with E-state index in [1.165, 1.54) is 0 Å². The smallest absolute Gasteiger partial charge is 0.254 e. The van der Waals surface area contributed by atoms with Crippen LogP contribution in [0.25, 0.3) is 0 Å². The molecule has 0 bridgehead atoms. The maximum atomic E-state index is 12.7. The highest BCUT2D eigenvalue weighted by Gasteiger charge is 2.22. The summed E-state index contributed by atoms with van der Waals surface area (Å²) < 4.78 is 16.1. The van der Waals surface area contributed by atoms with E-state index in [1.54, 1.807) is 37.3 Å².